The molecule has 0 saturated carbocycles. The molecule has 1 aliphatic carbocycles. The lowest BCUT2D eigenvalue weighted by atomic mass is 9.82. The van der Waals surface area contributed by atoms with Crippen LogP contribution in [0.15, 0.2) is 18.3 Å². The summed E-state index contributed by atoms with van der Waals surface area (Å²) in [5, 5.41) is 16.4. The lowest BCUT2D eigenvalue weighted by Crippen LogP contribution is -2.38. The average molecular weight is 291 g/mol. The van der Waals surface area contributed by atoms with E-state index < -0.39 is 17.8 Å². The summed E-state index contributed by atoms with van der Waals surface area (Å²) >= 11 is 0. The lowest BCUT2D eigenvalue weighted by molar-refractivity contribution is -0.147. The van der Waals surface area contributed by atoms with Crippen LogP contribution in [0, 0.1) is 18.8 Å². The molecule has 1 aromatic rings. The maximum absolute atomic E-state index is 12.2. The van der Waals surface area contributed by atoms with Crippen molar-refractivity contribution in [1.82, 2.24) is 15.1 Å². The number of carbonyl (C=O) groups is 2. The summed E-state index contributed by atoms with van der Waals surface area (Å²) in [4.78, 5) is 23.5. The number of amides is 1. The van der Waals surface area contributed by atoms with E-state index >= 15 is 0 Å². The van der Waals surface area contributed by atoms with Crippen LogP contribution in [0.5, 0.6) is 0 Å². The molecule has 1 aromatic heterocycles. The van der Waals surface area contributed by atoms with Crippen LogP contribution in [0.1, 0.15) is 31.0 Å². The van der Waals surface area contributed by atoms with Gasteiger partial charge in [-0.1, -0.05) is 12.2 Å². The van der Waals surface area contributed by atoms with E-state index in [2.05, 4.69) is 10.4 Å². The normalized spacial score (nSPS) is 21.2. The number of rotatable bonds is 5. The second-order valence-electron chi connectivity index (χ2n) is 5.31. The number of hydrogen-bond donors (Lipinski definition) is 2. The van der Waals surface area contributed by atoms with Crippen LogP contribution < -0.4 is 5.32 Å². The number of hydrogen-bond acceptors (Lipinski definition) is 3. The van der Waals surface area contributed by atoms with E-state index in [0.29, 0.717) is 19.4 Å². The molecule has 0 unspecified atom stereocenters. The van der Waals surface area contributed by atoms with Gasteiger partial charge in [-0.05, 0) is 26.7 Å². The van der Waals surface area contributed by atoms with Gasteiger partial charge in [0.1, 0.15) is 0 Å². The Balaban J connectivity index is 1.98. The van der Waals surface area contributed by atoms with Crippen LogP contribution in [-0.4, -0.2) is 26.8 Å². The zero-order valence-electron chi connectivity index (χ0n) is 12.4. The highest BCUT2D eigenvalue weighted by Gasteiger charge is 2.33. The Kier molecular flexibility index (Phi) is 4.77. The Morgan fingerprint density at radius 1 is 1.38 bits per heavy atom. The number of aryl methyl sites for hydroxylation is 2. The third-order valence-electron chi connectivity index (χ3n) is 3.91. The van der Waals surface area contributed by atoms with Crippen molar-refractivity contribution < 1.29 is 14.7 Å². The number of aliphatic carboxylic acids is 1. The van der Waals surface area contributed by atoms with E-state index in [1.807, 2.05) is 36.9 Å². The van der Waals surface area contributed by atoms with E-state index in [4.69, 9.17) is 0 Å². The Morgan fingerprint density at radius 2 is 2.05 bits per heavy atom. The summed E-state index contributed by atoms with van der Waals surface area (Å²) in [6.45, 7) is 5.07. The SMILES string of the molecule is CCn1cc(CNC(=O)[C@@H]2CC=CC[C@H]2C(=O)O)c(C)n1. The highest BCUT2D eigenvalue weighted by molar-refractivity contribution is 5.85. The highest BCUT2D eigenvalue weighted by Crippen LogP contribution is 2.26. The Morgan fingerprint density at radius 3 is 2.62 bits per heavy atom. The first kappa shape index (κ1) is 15.3. The molecular formula is C15H21N3O3. The Hall–Kier alpha value is -2.11. The fraction of sp³-hybridized carbons (Fsp3) is 0.533. The van der Waals surface area contributed by atoms with Gasteiger partial charge in [0.15, 0.2) is 0 Å². The van der Waals surface area contributed by atoms with Crippen molar-refractivity contribution in [1.29, 1.82) is 0 Å². The second kappa shape index (κ2) is 6.56. The predicted octanol–water partition coefficient (Wildman–Crippen LogP) is 1.49. The van der Waals surface area contributed by atoms with Gasteiger partial charge in [0.2, 0.25) is 5.91 Å². The van der Waals surface area contributed by atoms with Crippen LogP contribution in [0.4, 0.5) is 0 Å². The topological polar surface area (TPSA) is 84.2 Å². The van der Waals surface area contributed by atoms with E-state index in [1.54, 1.807) is 0 Å². The first-order valence-corrected chi connectivity index (χ1v) is 7.21. The van der Waals surface area contributed by atoms with Crippen LogP contribution in [0.2, 0.25) is 0 Å². The molecule has 6 nitrogen and oxygen atoms in total. The molecule has 6 heteroatoms. The molecule has 0 saturated heterocycles. The third-order valence-corrected chi connectivity index (χ3v) is 3.91. The van der Waals surface area contributed by atoms with E-state index in [-0.39, 0.29) is 5.91 Å². The molecular weight excluding hydrogens is 270 g/mol. The van der Waals surface area contributed by atoms with Gasteiger partial charge < -0.3 is 10.4 Å². The van der Waals surface area contributed by atoms with E-state index in [0.717, 1.165) is 17.8 Å². The summed E-state index contributed by atoms with van der Waals surface area (Å²) < 4.78 is 1.82. The average Bonchev–Trinajstić information content (AvgIpc) is 2.85. The van der Waals surface area contributed by atoms with Crippen molar-refractivity contribution in [3.05, 3.63) is 29.6 Å². The molecule has 0 aromatic carbocycles. The number of allylic oxidation sites excluding steroid dienone is 2. The molecule has 1 heterocycles. The van der Waals surface area contributed by atoms with Gasteiger partial charge in [0.05, 0.1) is 17.5 Å². The van der Waals surface area contributed by atoms with Crippen LogP contribution in [-0.2, 0) is 22.7 Å². The first-order chi connectivity index (χ1) is 10.0. The molecule has 0 aliphatic heterocycles. The summed E-state index contributed by atoms with van der Waals surface area (Å²) in [5.41, 5.74) is 1.85. The zero-order chi connectivity index (χ0) is 15.4. The van der Waals surface area contributed by atoms with Gasteiger partial charge in [0, 0.05) is 24.8 Å². The molecule has 0 spiro atoms. The Bertz CT molecular complexity index is 563. The minimum Gasteiger partial charge on any atom is -0.481 e. The van der Waals surface area contributed by atoms with Gasteiger partial charge >= 0.3 is 5.97 Å². The number of nitrogens with zero attached hydrogens (tertiary/aromatic N) is 2. The summed E-state index contributed by atoms with van der Waals surface area (Å²) in [7, 11) is 0. The maximum Gasteiger partial charge on any atom is 0.307 e. The molecule has 0 fully saturated rings. The summed E-state index contributed by atoms with van der Waals surface area (Å²) in [6, 6.07) is 0. The molecule has 1 amide bonds. The van der Waals surface area contributed by atoms with Crippen LogP contribution in [0.3, 0.4) is 0 Å². The maximum atomic E-state index is 12.2. The fourth-order valence-corrected chi connectivity index (χ4v) is 2.58. The molecule has 0 radical (unpaired) electrons. The molecule has 2 rings (SSSR count). The molecule has 114 valence electrons. The number of carbonyl (C=O) groups excluding carboxylic acids is 1. The first-order valence-electron chi connectivity index (χ1n) is 7.21. The number of aromatic nitrogens is 2. The van der Waals surface area contributed by atoms with Gasteiger partial charge in [-0.15, -0.1) is 0 Å². The third kappa shape index (κ3) is 3.51. The summed E-state index contributed by atoms with van der Waals surface area (Å²) in [5.74, 6) is -2.23. The molecule has 2 N–H and O–H groups in total. The largest absolute Gasteiger partial charge is 0.481 e. The predicted molar refractivity (Wildman–Crippen MR) is 77.5 cm³/mol. The van der Waals surface area contributed by atoms with Crippen molar-refractivity contribution in [2.24, 2.45) is 11.8 Å². The molecule has 2 atom stereocenters. The Labute approximate surface area is 123 Å². The minimum absolute atomic E-state index is 0.199. The van der Waals surface area contributed by atoms with E-state index in [1.165, 1.54) is 0 Å². The van der Waals surface area contributed by atoms with Gasteiger partial charge in [0.25, 0.3) is 0 Å². The van der Waals surface area contributed by atoms with Gasteiger partial charge in [-0.25, -0.2) is 0 Å². The lowest BCUT2D eigenvalue weighted by Gasteiger charge is -2.24. The number of carboxylic acids is 1. The van der Waals surface area contributed by atoms with Gasteiger partial charge in [-0.3, -0.25) is 14.3 Å². The molecule has 21 heavy (non-hydrogen) atoms. The number of nitrogens with one attached hydrogen (secondary N) is 1. The van der Waals surface area contributed by atoms with Crippen molar-refractivity contribution >= 4 is 11.9 Å². The quantitative estimate of drug-likeness (QED) is 0.805. The van der Waals surface area contributed by atoms with Crippen molar-refractivity contribution in [2.45, 2.75) is 39.8 Å². The van der Waals surface area contributed by atoms with Crippen molar-refractivity contribution in [2.75, 3.05) is 0 Å². The highest BCUT2D eigenvalue weighted by atomic mass is 16.4. The van der Waals surface area contributed by atoms with Crippen molar-refractivity contribution in [3.63, 3.8) is 0 Å². The molecule has 0 bridgehead atoms. The van der Waals surface area contributed by atoms with Crippen molar-refractivity contribution in [3.8, 4) is 0 Å². The smallest absolute Gasteiger partial charge is 0.307 e. The fourth-order valence-electron chi connectivity index (χ4n) is 2.58. The van der Waals surface area contributed by atoms with Crippen LogP contribution in [0.25, 0.3) is 0 Å². The van der Waals surface area contributed by atoms with Gasteiger partial charge in [-0.2, -0.15) is 5.10 Å². The molecule has 1 aliphatic rings. The van der Waals surface area contributed by atoms with Crippen LogP contribution >= 0.6 is 0 Å². The summed E-state index contributed by atoms with van der Waals surface area (Å²) in [6.07, 6.45) is 6.52. The zero-order valence-corrected chi connectivity index (χ0v) is 12.4. The number of carboxylic acid groups (broad SMARTS) is 1. The second-order valence-corrected chi connectivity index (χ2v) is 5.31. The minimum atomic E-state index is -0.908. The monoisotopic (exact) mass is 291 g/mol. The van der Waals surface area contributed by atoms with E-state index in [9.17, 15) is 14.7 Å². The standard InChI is InChI=1S/C15H21N3O3/c1-3-18-9-11(10(2)17-18)8-16-14(19)12-6-4-5-7-13(12)15(20)21/h4-5,9,12-13H,3,6-8H2,1-2H3,(H,16,19)(H,20,21)/t12-,13-/m1/s1.